The third kappa shape index (κ3) is 3.15. The summed E-state index contributed by atoms with van der Waals surface area (Å²) in [4.78, 5) is 0. The molecule has 0 heterocycles. The summed E-state index contributed by atoms with van der Waals surface area (Å²) in [7, 11) is 1.45. The normalized spacial score (nSPS) is 10.0. The van der Waals surface area contributed by atoms with E-state index in [1.54, 1.807) is 18.2 Å². The van der Waals surface area contributed by atoms with Crippen molar-refractivity contribution in [1.82, 2.24) is 0 Å². The summed E-state index contributed by atoms with van der Waals surface area (Å²) in [6.45, 7) is -0.132. The molecule has 21 heavy (non-hydrogen) atoms. The van der Waals surface area contributed by atoms with E-state index in [-0.39, 0.29) is 22.4 Å². The monoisotopic (exact) mass is 351 g/mol. The van der Waals surface area contributed by atoms with Crippen LogP contribution in [0, 0.1) is 17.1 Å². The molecule has 108 valence electrons. The van der Waals surface area contributed by atoms with Gasteiger partial charge in [0.05, 0.1) is 23.8 Å². The van der Waals surface area contributed by atoms with E-state index in [1.165, 1.54) is 19.2 Å². The van der Waals surface area contributed by atoms with Crippen LogP contribution in [-0.4, -0.2) is 12.2 Å². The molecule has 4 nitrogen and oxygen atoms in total. The molecule has 0 aliphatic heterocycles. The van der Waals surface area contributed by atoms with Gasteiger partial charge in [0.15, 0.2) is 23.1 Å². The van der Waals surface area contributed by atoms with Crippen LogP contribution in [0.25, 0.3) is 0 Å². The van der Waals surface area contributed by atoms with Crippen molar-refractivity contribution >= 4 is 15.9 Å². The zero-order chi connectivity index (χ0) is 15.4. The maximum absolute atomic E-state index is 14.1. The summed E-state index contributed by atoms with van der Waals surface area (Å²) in [5.41, 5.74) is 0.836. The van der Waals surface area contributed by atoms with Crippen LogP contribution in [-0.2, 0) is 6.61 Å². The fraction of sp³-hybridized carbons (Fsp3) is 0.133. The van der Waals surface area contributed by atoms with E-state index in [9.17, 15) is 4.39 Å². The average Bonchev–Trinajstić information content (AvgIpc) is 2.52. The Labute approximate surface area is 129 Å². The Morgan fingerprint density at radius 2 is 1.95 bits per heavy atom. The van der Waals surface area contributed by atoms with Crippen molar-refractivity contribution in [3.05, 3.63) is 51.7 Å². The third-order valence-corrected chi connectivity index (χ3v) is 3.57. The molecular weight excluding hydrogens is 341 g/mol. The molecule has 1 N–H and O–H groups in total. The molecule has 2 aromatic carbocycles. The van der Waals surface area contributed by atoms with Crippen LogP contribution >= 0.6 is 15.9 Å². The molecule has 0 aliphatic rings. The molecule has 2 aromatic rings. The number of aliphatic hydroxyl groups excluding tert-OH is 1. The minimum absolute atomic E-state index is 0.0316. The number of methoxy groups -OCH3 is 1. The Kier molecular flexibility index (Phi) is 4.78. The SMILES string of the molecule is COc1cc(CO)ccc1Oc1ccc(C#N)c(Br)c1F. The maximum atomic E-state index is 14.1. The second kappa shape index (κ2) is 6.57. The molecule has 0 saturated heterocycles. The predicted octanol–water partition coefficient (Wildman–Crippen LogP) is 3.75. The van der Waals surface area contributed by atoms with Crippen LogP contribution in [0.2, 0.25) is 0 Å². The van der Waals surface area contributed by atoms with Gasteiger partial charge < -0.3 is 14.6 Å². The van der Waals surface area contributed by atoms with Gasteiger partial charge in [-0.3, -0.25) is 0 Å². The van der Waals surface area contributed by atoms with Crippen molar-refractivity contribution in [1.29, 1.82) is 5.26 Å². The van der Waals surface area contributed by atoms with Gasteiger partial charge in [-0.1, -0.05) is 6.07 Å². The van der Waals surface area contributed by atoms with Gasteiger partial charge in [0, 0.05) is 0 Å². The van der Waals surface area contributed by atoms with Crippen molar-refractivity contribution in [3.8, 4) is 23.3 Å². The van der Waals surface area contributed by atoms with Gasteiger partial charge in [0.1, 0.15) is 6.07 Å². The first-order valence-corrected chi connectivity index (χ1v) is 6.73. The highest BCUT2D eigenvalue weighted by Gasteiger charge is 2.15. The van der Waals surface area contributed by atoms with Crippen molar-refractivity contribution in [3.63, 3.8) is 0 Å². The van der Waals surface area contributed by atoms with Crippen molar-refractivity contribution < 1.29 is 19.0 Å². The molecule has 0 fully saturated rings. The number of rotatable bonds is 4. The van der Waals surface area contributed by atoms with Gasteiger partial charge in [-0.2, -0.15) is 5.26 Å². The molecule has 0 amide bonds. The van der Waals surface area contributed by atoms with Gasteiger partial charge in [-0.25, -0.2) is 4.39 Å². The molecule has 0 aromatic heterocycles. The Morgan fingerprint density at radius 1 is 1.24 bits per heavy atom. The molecule has 0 unspecified atom stereocenters. The second-order valence-electron chi connectivity index (χ2n) is 4.10. The summed E-state index contributed by atoms with van der Waals surface area (Å²) >= 11 is 3.02. The topological polar surface area (TPSA) is 62.5 Å². The largest absolute Gasteiger partial charge is 0.493 e. The molecule has 0 radical (unpaired) electrons. The standard InChI is InChI=1S/C15H11BrFNO3/c1-20-13-6-9(8-19)2-4-11(13)21-12-5-3-10(7-18)14(16)15(12)17/h2-6,19H,8H2,1H3. The Morgan fingerprint density at radius 3 is 2.57 bits per heavy atom. The Bertz CT molecular complexity index is 713. The first-order chi connectivity index (χ1) is 10.1. The van der Waals surface area contributed by atoms with E-state index in [0.29, 0.717) is 17.1 Å². The van der Waals surface area contributed by atoms with Gasteiger partial charge >= 0.3 is 0 Å². The number of hydrogen-bond acceptors (Lipinski definition) is 4. The minimum atomic E-state index is -0.665. The average molecular weight is 352 g/mol. The third-order valence-electron chi connectivity index (χ3n) is 2.80. The van der Waals surface area contributed by atoms with E-state index in [1.807, 2.05) is 6.07 Å². The summed E-state index contributed by atoms with van der Waals surface area (Å²) in [5.74, 6) is -0.00935. The number of nitriles is 1. The number of halogens is 2. The molecule has 2 rings (SSSR count). The van der Waals surface area contributed by atoms with Gasteiger partial charge in [0.2, 0.25) is 0 Å². The lowest BCUT2D eigenvalue weighted by Gasteiger charge is -2.12. The molecule has 0 bridgehead atoms. The fourth-order valence-corrected chi connectivity index (χ4v) is 2.13. The van der Waals surface area contributed by atoms with E-state index in [4.69, 9.17) is 19.8 Å². The summed E-state index contributed by atoms with van der Waals surface area (Å²) in [5, 5.41) is 17.9. The lowest BCUT2D eigenvalue weighted by molar-refractivity contribution is 0.280. The van der Waals surface area contributed by atoms with Crippen molar-refractivity contribution in [2.45, 2.75) is 6.61 Å². The Hall–Kier alpha value is -2.10. The molecule has 0 saturated carbocycles. The number of ether oxygens (including phenoxy) is 2. The molecule has 0 spiro atoms. The fourth-order valence-electron chi connectivity index (χ4n) is 1.71. The highest BCUT2D eigenvalue weighted by atomic mass is 79.9. The predicted molar refractivity (Wildman–Crippen MR) is 77.8 cm³/mol. The first kappa shape index (κ1) is 15.3. The summed E-state index contributed by atoms with van der Waals surface area (Å²) in [6.07, 6.45) is 0. The molecule has 0 aliphatic carbocycles. The minimum Gasteiger partial charge on any atom is -0.493 e. The molecule has 0 atom stereocenters. The highest BCUT2D eigenvalue weighted by molar-refractivity contribution is 9.10. The van der Waals surface area contributed by atoms with Crippen molar-refractivity contribution in [2.24, 2.45) is 0 Å². The van der Waals surface area contributed by atoms with Crippen LogP contribution in [0.3, 0.4) is 0 Å². The van der Waals surface area contributed by atoms with Gasteiger partial charge in [-0.15, -0.1) is 0 Å². The summed E-state index contributed by atoms with van der Waals surface area (Å²) < 4.78 is 24.8. The van der Waals surface area contributed by atoms with Crippen LogP contribution in [0.1, 0.15) is 11.1 Å². The second-order valence-corrected chi connectivity index (χ2v) is 4.89. The van der Waals surface area contributed by atoms with E-state index >= 15 is 0 Å². The van der Waals surface area contributed by atoms with Crippen LogP contribution < -0.4 is 9.47 Å². The van der Waals surface area contributed by atoms with Gasteiger partial charge in [-0.05, 0) is 45.8 Å². The van der Waals surface area contributed by atoms with Crippen LogP contribution in [0.4, 0.5) is 4.39 Å². The number of nitrogens with zero attached hydrogens (tertiary/aromatic N) is 1. The quantitative estimate of drug-likeness (QED) is 0.910. The maximum Gasteiger partial charge on any atom is 0.181 e. The highest BCUT2D eigenvalue weighted by Crippen LogP contribution is 2.36. The van der Waals surface area contributed by atoms with Crippen LogP contribution in [0.5, 0.6) is 17.2 Å². The summed E-state index contributed by atoms with van der Waals surface area (Å²) in [6, 6.07) is 9.53. The van der Waals surface area contributed by atoms with E-state index in [0.717, 1.165) is 0 Å². The zero-order valence-corrected chi connectivity index (χ0v) is 12.6. The zero-order valence-electron chi connectivity index (χ0n) is 11.1. The number of benzene rings is 2. The van der Waals surface area contributed by atoms with Crippen LogP contribution in [0.15, 0.2) is 34.8 Å². The van der Waals surface area contributed by atoms with Crippen molar-refractivity contribution in [2.75, 3.05) is 7.11 Å². The number of hydrogen-bond donors (Lipinski definition) is 1. The number of aliphatic hydroxyl groups is 1. The van der Waals surface area contributed by atoms with Gasteiger partial charge in [0.25, 0.3) is 0 Å². The molecular formula is C15H11BrFNO3. The van der Waals surface area contributed by atoms with E-state index in [2.05, 4.69) is 15.9 Å². The molecule has 6 heteroatoms. The van der Waals surface area contributed by atoms with E-state index < -0.39 is 5.82 Å². The first-order valence-electron chi connectivity index (χ1n) is 5.94. The lowest BCUT2D eigenvalue weighted by atomic mass is 10.2. The lowest BCUT2D eigenvalue weighted by Crippen LogP contribution is -1.95. The smallest absolute Gasteiger partial charge is 0.181 e. The Balaban J connectivity index is 2.39.